The van der Waals surface area contributed by atoms with E-state index in [9.17, 15) is 14.4 Å². The van der Waals surface area contributed by atoms with Crippen molar-refractivity contribution < 1.29 is 14.4 Å². The van der Waals surface area contributed by atoms with E-state index in [2.05, 4.69) is 5.32 Å². The second-order valence-corrected chi connectivity index (χ2v) is 9.40. The Morgan fingerprint density at radius 2 is 1.06 bits per heavy atom. The van der Waals surface area contributed by atoms with E-state index < -0.39 is 0 Å². The van der Waals surface area contributed by atoms with Crippen LogP contribution < -0.4 is 5.32 Å². The van der Waals surface area contributed by atoms with Gasteiger partial charge in [0.1, 0.15) is 0 Å². The van der Waals surface area contributed by atoms with E-state index >= 15 is 0 Å². The van der Waals surface area contributed by atoms with Gasteiger partial charge in [0, 0.05) is 52.0 Å². The van der Waals surface area contributed by atoms with Crippen LogP contribution in [0.3, 0.4) is 0 Å². The molecule has 3 amide bonds. The Hall–Kier alpha value is -1.59. The molecule has 2 aliphatic rings. The summed E-state index contributed by atoms with van der Waals surface area (Å²) in [4.78, 5) is 39.5. The summed E-state index contributed by atoms with van der Waals surface area (Å²) < 4.78 is 0. The second-order valence-electron chi connectivity index (χ2n) is 9.40. The first-order chi connectivity index (χ1) is 15.1. The number of rotatable bonds is 16. The summed E-state index contributed by atoms with van der Waals surface area (Å²) in [7, 11) is 1.70. The van der Waals surface area contributed by atoms with E-state index in [4.69, 9.17) is 0 Å². The normalized spacial score (nSPS) is 16.4. The largest absolute Gasteiger partial charge is 0.359 e. The van der Waals surface area contributed by atoms with E-state index in [0.717, 1.165) is 45.2 Å². The first-order valence-corrected chi connectivity index (χ1v) is 12.9. The third-order valence-corrected chi connectivity index (χ3v) is 6.69. The van der Waals surface area contributed by atoms with Crippen molar-refractivity contribution >= 4 is 17.7 Å². The second kappa shape index (κ2) is 15.3. The first kappa shape index (κ1) is 25.7. The topological polar surface area (TPSA) is 69.7 Å². The number of hydrogen-bond acceptors (Lipinski definition) is 3. The van der Waals surface area contributed by atoms with Crippen LogP contribution in [0.2, 0.25) is 0 Å². The third-order valence-electron chi connectivity index (χ3n) is 6.69. The fraction of sp³-hybridized carbons (Fsp3) is 0.880. The lowest BCUT2D eigenvalue weighted by atomic mass is 10.0. The standard InChI is InChI=1S/C25H45N3O3/c1-26-23(29)14-12-10-8-6-4-2-3-5-7-9-11-13-15-24(30)27-18-20-28(21-19-27)25(31)22-16-17-22/h22H,2-21H2,1H3,(H,26,29). The first-order valence-electron chi connectivity index (χ1n) is 12.9. The molecule has 0 bridgehead atoms. The Morgan fingerprint density at radius 1 is 0.645 bits per heavy atom. The molecular formula is C25H45N3O3. The monoisotopic (exact) mass is 435 g/mol. The van der Waals surface area contributed by atoms with Crippen LogP contribution in [0.15, 0.2) is 0 Å². The fourth-order valence-electron chi connectivity index (χ4n) is 4.38. The van der Waals surface area contributed by atoms with Gasteiger partial charge in [0.05, 0.1) is 0 Å². The Kier molecular flexibility index (Phi) is 12.6. The molecule has 0 aromatic rings. The fourth-order valence-corrected chi connectivity index (χ4v) is 4.38. The van der Waals surface area contributed by atoms with Crippen molar-refractivity contribution in [1.29, 1.82) is 0 Å². The highest BCUT2D eigenvalue weighted by molar-refractivity contribution is 5.81. The number of nitrogens with zero attached hydrogens (tertiary/aromatic N) is 2. The minimum Gasteiger partial charge on any atom is -0.359 e. The SMILES string of the molecule is CNC(=O)CCCCCCCCCCCCCCC(=O)N1CCN(C(=O)C2CC2)CC1. The zero-order valence-electron chi connectivity index (χ0n) is 19.8. The Bertz CT molecular complexity index is 540. The van der Waals surface area contributed by atoms with Gasteiger partial charge in [0.2, 0.25) is 17.7 Å². The van der Waals surface area contributed by atoms with Crippen molar-refractivity contribution in [2.75, 3.05) is 33.2 Å². The molecule has 31 heavy (non-hydrogen) atoms. The molecule has 0 spiro atoms. The maximum atomic E-state index is 12.4. The van der Waals surface area contributed by atoms with E-state index in [1.54, 1.807) is 7.05 Å². The molecule has 0 aromatic carbocycles. The molecule has 1 saturated carbocycles. The van der Waals surface area contributed by atoms with E-state index in [1.165, 1.54) is 57.8 Å². The zero-order valence-corrected chi connectivity index (χ0v) is 19.8. The third kappa shape index (κ3) is 11.0. The van der Waals surface area contributed by atoms with E-state index in [1.807, 2.05) is 9.80 Å². The molecule has 2 rings (SSSR count). The molecule has 2 fully saturated rings. The molecule has 1 heterocycles. The Labute approximate surface area is 189 Å². The molecule has 0 unspecified atom stereocenters. The summed E-state index contributed by atoms with van der Waals surface area (Å²) in [6.07, 6.45) is 18.1. The van der Waals surface area contributed by atoms with Crippen LogP contribution >= 0.6 is 0 Å². The van der Waals surface area contributed by atoms with Crippen molar-refractivity contribution in [3.05, 3.63) is 0 Å². The van der Waals surface area contributed by atoms with Gasteiger partial charge < -0.3 is 15.1 Å². The lowest BCUT2D eigenvalue weighted by Crippen LogP contribution is -2.51. The molecule has 6 heteroatoms. The molecule has 1 saturated heterocycles. The summed E-state index contributed by atoms with van der Waals surface area (Å²) in [6, 6.07) is 0. The average Bonchev–Trinajstić information content (AvgIpc) is 3.64. The van der Waals surface area contributed by atoms with Crippen LogP contribution in [0.25, 0.3) is 0 Å². The maximum absolute atomic E-state index is 12.4. The number of carbonyl (C=O) groups is 3. The number of carbonyl (C=O) groups excluding carboxylic acids is 3. The molecular weight excluding hydrogens is 390 g/mol. The van der Waals surface area contributed by atoms with E-state index in [-0.39, 0.29) is 17.7 Å². The number of unbranched alkanes of at least 4 members (excludes halogenated alkanes) is 11. The number of nitrogens with one attached hydrogen (secondary N) is 1. The minimum absolute atomic E-state index is 0.157. The van der Waals surface area contributed by atoms with Gasteiger partial charge in [-0.1, -0.05) is 64.2 Å². The zero-order chi connectivity index (χ0) is 22.3. The predicted molar refractivity (Wildman–Crippen MR) is 125 cm³/mol. The number of amides is 3. The summed E-state index contributed by atoms with van der Waals surface area (Å²) in [5, 5.41) is 2.67. The molecule has 1 aliphatic heterocycles. The lowest BCUT2D eigenvalue weighted by Gasteiger charge is -2.35. The van der Waals surface area contributed by atoms with Gasteiger partial charge in [-0.15, -0.1) is 0 Å². The van der Waals surface area contributed by atoms with Crippen LogP contribution in [0.1, 0.15) is 103 Å². The predicted octanol–water partition coefficient (Wildman–Crippen LogP) is 4.27. The Morgan fingerprint density at radius 3 is 1.52 bits per heavy atom. The van der Waals surface area contributed by atoms with Gasteiger partial charge >= 0.3 is 0 Å². The summed E-state index contributed by atoms with van der Waals surface area (Å²) in [5.74, 6) is 1.02. The highest BCUT2D eigenvalue weighted by Crippen LogP contribution is 2.31. The molecule has 1 N–H and O–H groups in total. The Balaban J connectivity index is 1.32. The van der Waals surface area contributed by atoms with Crippen molar-refractivity contribution in [2.24, 2.45) is 5.92 Å². The van der Waals surface area contributed by atoms with E-state index in [0.29, 0.717) is 31.8 Å². The molecule has 178 valence electrons. The summed E-state index contributed by atoms with van der Waals surface area (Å²) in [5.41, 5.74) is 0. The van der Waals surface area contributed by atoms with Gasteiger partial charge in [0.15, 0.2) is 0 Å². The maximum Gasteiger partial charge on any atom is 0.225 e. The van der Waals surface area contributed by atoms with Gasteiger partial charge in [0.25, 0.3) is 0 Å². The summed E-state index contributed by atoms with van der Waals surface area (Å²) in [6.45, 7) is 2.87. The van der Waals surface area contributed by atoms with Gasteiger partial charge in [-0.2, -0.15) is 0 Å². The van der Waals surface area contributed by atoms with Crippen molar-refractivity contribution in [3.8, 4) is 0 Å². The molecule has 6 nitrogen and oxygen atoms in total. The highest BCUT2D eigenvalue weighted by atomic mass is 16.2. The highest BCUT2D eigenvalue weighted by Gasteiger charge is 2.35. The van der Waals surface area contributed by atoms with Crippen molar-refractivity contribution in [2.45, 2.75) is 103 Å². The van der Waals surface area contributed by atoms with Gasteiger partial charge in [-0.25, -0.2) is 0 Å². The molecule has 0 aromatic heterocycles. The number of piperazine rings is 1. The number of hydrogen-bond donors (Lipinski definition) is 1. The smallest absolute Gasteiger partial charge is 0.225 e. The lowest BCUT2D eigenvalue weighted by molar-refractivity contribution is -0.140. The molecule has 0 atom stereocenters. The average molecular weight is 436 g/mol. The van der Waals surface area contributed by atoms with Crippen LogP contribution in [0.4, 0.5) is 0 Å². The van der Waals surface area contributed by atoms with Crippen LogP contribution in [0.5, 0.6) is 0 Å². The van der Waals surface area contributed by atoms with Gasteiger partial charge in [-0.3, -0.25) is 14.4 Å². The summed E-state index contributed by atoms with van der Waals surface area (Å²) >= 11 is 0. The van der Waals surface area contributed by atoms with Gasteiger partial charge in [-0.05, 0) is 25.7 Å². The van der Waals surface area contributed by atoms with Crippen LogP contribution in [-0.4, -0.2) is 60.7 Å². The van der Waals surface area contributed by atoms with Crippen LogP contribution in [-0.2, 0) is 14.4 Å². The van der Waals surface area contributed by atoms with Crippen molar-refractivity contribution in [3.63, 3.8) is 0 Å². The van der Waals surface area contributed by atoms with Crippen LogP contribution in [0, 0.1) is 5.92 Å². The molecule has 1 aliphatic carbocycles. The minimum atomic E-state index is 0.157. The van der Waals surface area contributed by atoms with Crippen molar-refractivity contribution in [1.82, 2.24) is 15.1 Å². The molecule has 0 radical (unpaired) electrons. The quantitative estimate of drug-likeness (QED) is 0.368.